The number of aromatic nitrogens is 3. The average molecular weight is 374 g/mol. The van der Waals surface area contributed by atoms with Gasteiger partial charge < -0.3 is 15.2 Å². The molecule has 2 aromatic rings. The molecule has 3 heterocycles. The monoisotopic (exact) mass is 374 g/mol. The smallest absolute Gasteiger partial charge is 0.345 e. The summed E-state index contributed by atoms with van der Waals surface area (Å²) >= 11 is 0. The Morgan fingerprint density at radius 1 is 1.42 bits per heavy atom. The molecular formula is C15H14F4N4O3. The van der Waals surface area contributed by atoms with Crippen LogP contribution in [0, 0.1) is 0 Å². The van der Waals surface area contributed by atoms with Gasteiger partial charge in [-0.3, -0.25) is 4.79 Å². The minimum absolute atomic E-state index is 0.0372. The normalized spacial score (nSPS) is 16.6. The van der Waals surface area contributed by atoms with Crippen molar-refractivity contribution in [1.82, 2.24) is 14.8 Å². The molecule has 11 heteroatoms. The first-order valence-electron chi connectivity index (χ1n) is 7.58. The number of halogens is 4. The number of primary amides is 1. The van der Waals surface area contributed by atoms with Crippen LogP contribution in [0.3, 0.4) is 0 Å². The molecule has 3 rings (SSSR count). The van der Waals surface area contributed by atoms with Crippen molar-refractivity contribution in [1.29, 1.82) is 0 Å². The quantitative estimate of drug-likeness (QED) is 0.784. The van der Waals surface area contributed by atoms with Crippen LogP contribution >= 0.6 is 0 Å². The standard InChI is InChI=1S/C15H14F4N4O3/c16-14(17)23-5-7(4-21-23)10-3-11(12(20)24)22-13-9(10)2-1-8(26-13)6-25-15(18)19/h3-5,8,14-15H,1-2,6H2,(H2,20,24). The van der Waals surface area contributed by atoms with Crippen LogP contribution in [0.4, 0.5) is 17.6 Å². The molecule has 0 spiro atoms. The average Bonchev–Trinajstić information content (AvgIpc) is 3.08. The van der Waals surface area contributed by atoms with Gasteiger partial charge in [0.15, 0.2) is 0 Å². The Morgan fingerprint density at radius 3 is 2.81 bits per heavy atom. The van der Waals surface area contributed by atoms with Gasteiger partial charge in [-0.15, -0.1) is 0 Å². The highest BCUT2D eigenvalue weighted by molar-refractivity contribution is 5.92. The van der Waals surface area contributed by atoms with Gasteiger partial charge in [0.25, 0.3) is 5.91 Å². The van der Waals surface area contributed by atoms with Gasteiger partial charge in [-0.25, -0.2) is 9.67 Å². The summed E-state index contributed by atoms with van der Waals surface area (Å²) in [6, 6.07) is 1.37. The molecule has 0 fully saturated rings. The Hall–Kier alpha value is -2.69. The number of fused-ring (bicyclic) bond motifs is 1. The first kappa shape index (κ1) is 18.1. The highest BCUT2D eigenvalue weighted by Crippen LogP contribution is 2.35. The summed E-state index contributed by atoms with van der Waals surface area (Å²) in [5, 5.41) is 3.57. The summed E-state index contributed by atoms with van der Waals surface area (Å²) in [7, 11) is 0. The van der Waals surface area contributed by atoms with Crippen LogP contribution in [-0.4, -0.2) is 40.0 Å². The molecule has 1 aliphatic rings. The molecule has 2 aromatic heterocycles. The number of nitrogens with two attached hydrogens (primary N) is 1. The van der Waals surface area contributed by atoms with Crippen molar-refractivity contribution in [3.05, 3.63) is 29.7 Å². The van der Waals surface area contributed by atoms with Gasteiger partial charge in [-0.05, 0) is 24.5 Å². The van der Waals surface area contributed by atoms with E-state index in [0.717, 1.165) is 6.20 Å². The summed E-state index contributed by atoms with van der Waals surface area (Å²) in [4.78, 5) is 15.5. The third-order valence-corrected chi connectivity index (χ3v) is 3.85. The van der Waals surface area contributed by atoms with Gasteiger partial charge in [0.2, 0.25) is 5.88 Å². The summed E-state index contributed by atoms with van der Waals surface area (Å²) in [6.45, 7) is -6.09. The van der Waals surface area contributed by atoms with Gasteiger partial charge in [0, 0.05) is 17.3 Å². The number of nitrogens with zero attached hydrogens (tertiary/aromatic N) is 3. The van der Waals surface area contributed by atoms with Crippen LogP contribution < -0.4 is 10.5 Å². The fourth-order valence-corrected chi connectivity index (χ4v) is 2.67. The molecule has 2 N–H and O–H groups in total. The van der Waals surface area contributed by atoms with E-state index in [-0.39, 0.29) is 18.2 Å². The maximum atomic E-state index is 12.8. The summed E-state index contributed by atoms with van der Waals surface area (Å²) < 4.78 is 60.1. The minimum atomic E-state index is -2.93. The van der Waals surface area contributed by atoms with Crippen molar-refractivity contribution in [2.24, 2.45) is 5.73 Å². The van der Waals surface area contributed by atoms with Crippen molar-refractivity contribution in [3.63, 3.8) is 0 Å². The molecule has 1 atom stereocenters. The zero-order chi connectivity index (χ0) is 18.8. The highest BCUT2D eigenvalue weighted by atomic mass is 19.3. The van der Waals surface area contributed by atoms with E-state index in [1.54, 1.807) is 0 Å². The Morgan fingerprint density at radius 2 is 2.19 bits per heavy atom. The Kier molecular flexibility index (Phi) is 5.07. The predicted molar refractivity (Wildman–Crippen MR) is 79.9 cm³/mol. The molecule has 1 amide bonds. The lowest BCUT2D eigenvalue weighted by Gasteiger charge is -2.26. The zero-order valence-electron chi connectivity index (χ0n) is 13.2. The molecule has 0 saturated carbocycles. The molecular weight excluding hydrogens is 360 g/mol. The van der Waals surface area contributed by atoms with Crippen LogP contribution in [0.5, 0.6) is 5.88 Å². The largest absolute Gasteiger partial charge is 0.472 e. The SMILES string of the molecule is NC(=O)c1cc(-c2cnn(C(F)F)c2)c2c(n1)OC(COC(F)F)CC2. The highest BCUT2D eigenvalue weighted by Gasteiger charge is 2.27. The lowest BCUT2D eigenvalue weighted by Crippen LogP contribution is -2.30. The van der Waals surface area contributed by atoms with Gasteiger partial charge in [0.05, 0.1) is 12.8 Å². The molecule has 0 aliphatic carbocycles. The van der Waals surface area contributed by atoms with Crippen molar-refractivity contribution in [2.75, 3.05) is 6.61 Å². The number of ether oxygens (including phenoxy) is 2. The van der Waals surface area contributed by atoms with E-state index in [9.17, 15) is 22.4 Å². The van der Waals surface area contributed by atoms with E-state index in [0.29, 0.717) is 34.2 Å². The summed E-state index contributed by atoms with van der Waals surface area (Å²) in [6.07, 6.45) is 2.39. The van der Waals surface area contributed by atoms with Crippen LogP contribution in [-0.2, 0) is 11.2 Å². The molecule has 0 radical (unpaired) electrons. The van der Waals surface area contributed by atoms with Crippen LogP contribution in [0.2, 0.25) is 0 Å². The molecule has 0 aromatic carbocycles. The van der Waals surface area contributed by atoms with Crippen LogP contribution in [0.1, 0.15) is 29.0 Å². The van der Waals surface area contributed by atoms with E-state index < -0.39 is 25.2 Å². The molecule has 1 aliphatic heterocycles. The number of carbonyl (C=O) groups excluding carboxylic acids is 1. The second kappa shape index (κ2) is 7.28. The van der Waals surface area contributed by atoms with E-state index in [2.05, 4.69) is 14.8 Å². The molecule has 1 unspecified atom stereocenters. The number of alkyl halides is 4. The van der Waals surface area contributed by atoms with Gasteiger partial charge >= 0.3 is 13.2 Å². The van der Waals surface area contributed by atoms with Crippen LogP contribution in [0.25, 0.3) is 11.1 Å². The summed E-state index contributed by atoms with van der Waals surface area (Å²) in [5.41, 5.74) is 6.42. The summed E-state index contributed by atoms with van der Waals surface area (Å²) in [5.74, 6) is -0.805. The number of carbonyl (C=O) groups is 1. The first-order chi connectivity index (χ1) is 12.3. The van der Waals surface area contributed by atoms with Crippen molar-refractivity contribution >= 4 is 5.91 Å². The van der Waals surface area contributed by atoms with E-state index in [1.807, 2.05) is 0 Å². The lowest BCUT2D eigenvalue weighted by atomic mass is 9.96. The minimum Gasteiger partial charge on any atom is -0.472 e. The number of hydrogen-bond acceptors (Lipinski definition) is 5. The Labute approximate surface area is 144 Å². The van der Waals surface area contributed by atoms with E-state index in [1.165, 1.54) is 12.3 Å². The molecule has 140 valence electrons. The fourth-order valence-electron chi connectivity index (χ4n) is 2.67. The second-order valence-corrected chi connectivity index (χ2v) is 5.56. The van der Waals surface area contributed by atoms with Gasteiger partial charge in [-0.1, -0.05) is 0 Å². The second-order valence-electron chi connectivity index (χ2n) is 5.56. The van der Waals surface area contributed by atoms with Crippen molar-refractivity contribution in [3.8, 4) is 17.0 Å². The topological polar surface area (TPSA) is 92.3 Å². The van der Waals surface area contributed by atoms with Crippen molar-refractivity contribution in [2.45, 2.75) is 32.1 Å². The molecule has 0 bridgehead atoms. The number of rotatable bonds is 6. The van der Waals surface area contributed by atoms with Crippen molar-refractivity contribution < 1.29 is 31.8 Å². The van der Waals surface area contributed by atoms with Crippen LogP contribution in [0.15, 0.2) is 18.5 Å². The zero-order valence-corrected chi connectivity index (χ0v) is 13.2. The Bertz CT molecular complexity index is 812. The number of hydrogen-bond donors (Lipinski definition) is 1. The van der Waals surface area contributed by atoms with E-state index in [4.69, 9.17) is 10.5 Å². The maximum Gasteiger partial charge on any atom is 0.345 e. The van der Waals surface area contributed by atoms with E-state index >= 15 is 0 Å². The number of amides is 1. The third-order valence-electron chi connectivity index (χ3n) is 3.85. The molecule has 26 heavy (non-hydrogen) atoms. The lowest BCUT2D eigenvalue weighted by molar-refractivity contribution is -0.146. The van der Waals surface area contributed by atoms with Gasteiger partial charge in [-0.2, -0.15) is 22.7 Å². The Balaban J connectivity index is 1.96. The third kappa shape index (κ3) is 3.77. The number of pyridine rings is 1. The predicted octanol–water partition coefficient (Wildman–Crippen LogP) is 2.37. The molecule has 7 nitrogen and oxygen atoms in total. The first-order valence-corrected chi connectivity index (χ1v) is 7.58. The maximum absolute atomic E-state index is 12.8. The fraction of sp³-hybridized carbons (Fsp3) is 0.400. The van der Waals surface area contributed by atoms with Gasteiger partial charge in [0.1, 0.15) is 11.8 Å². The molecule has 0 saturated heterocycles.